The molecule has 2 atom stereocenters. The first kappa shape index (κ1) is 16.9. The maximum absolute atomic E-state index is 10.5. The lowest BCUT2D eigenvalue weighted by Crippen LogP contribution is -2.53. The Balaban J connectivity index is 2.48. The molecule has 1 fully saturated rings. The summed E-state index contributed by atoms with van der Waals surface area (Å²) in [5, 5.41) is 14.1. The van der Waals surface area contributed by atoms with E-state index in [0.717, 1.165) is 26.2 Å². The normalized spacial score (nSPS) is 24.9. The fraction of sp³-hybridized carbons (Fsp3) is 1.00. The molecule has 3 nitrogen and oxygen atoms in total. The van der Waals surface area contributed by atoms with Crippen LogP contribution in [-0.4, -0.2) is 47.8 Å². The fourth-order valence-corrected chi connectivity index (χ4v) is 2.63. The number of piperidine rings is 1. The van der Waals surface area contributed by atoms with Gasteiger partial charge in [0, 0.05) is 19.1 Å². The highest BCUT2D eigenvalue weighted by atomic mass is 16.3. The Labute approximate surface area is 119 Å². The van der Waals surface area contributed by atoms with E-state index in [-0.39, 0.29) is 0 Å². The van der Waals surface area contributed by atoms with Crippen molar-refractivity contribution in [2.45, 2.75) is 65.5 Å². The van der Waals surface area contributed by atoms with Crippen LogP contribution in [0.15, 0.2) is 0 Å². The molecule has 0 aliphatic carbocycles. The first-order chi connectivity index (χ1) is 8.83. The lowest BCUT2D eigenvalue weighted by atomic mass is 9.90. The fourth-order valence-electron chi connectivity index (χ4n) is 2.63. The van der Waals surface area contributed by atoms with E-state index in [1.807, 2.05) is 6.92 Å². The predicted octanol–water partition coefficient (Wildman–Crippen LogP) is 2.49. The molecule has 0 aromatic carbocycles. The second-order valence-electron chi connectivity index (χ2n) is 7.18. The van der Waals surface area contributed by atoms with Crippen LogP contribution in [0.25, 0.3) is 0 Å². The van der Waals surface area contributed by atoms with Crippen molar-refractivity contribution >= 4 is 0 Å². The van der Waals surface area contributed by atoms with Gasteiger partial charge in [-0.05, 0) is 44.7 Å². The van der Waals surface area contributed by atoms with Gasteiger partial charge in [0.15, 0.2) is 0 Å². The third kappa shape index (κ3) is 5.80. The van der Waals surface area contributed by atoms with E-state index in [4.69, 9.17) is 0 Å². The Bertz CT molecular complexity index is 251. The Hall–Kier alpha value is -0.120. The van der Waals surface area contributed by atoms with Crippen molar-refractivity contribution in [3.63, 3.8) is 0 Å². The predicted molar refractivity (Wildman–Crippen MR) is 82.4 cm³/mol. The van der Waals surface area contributed by atoms with Gasteiger partial charge in [-0.25, -0.2) is 0 Å². The van der Waals surface area contributed by atoms with Crippen LogP contribution in [0.2, 0.25) is 0 Å². The molecular formula is C16H34N2O. The summed E-state index contributed by atoms with van der Waals surface area (Å²) in [5.41, 5.74) is -0.576. The number of β-amino-alcohol motifs (C(OH)–C–C–N with tert-alkyl or cyclic N) is 1. The van der Waals surface area contributed by atoms with Crippen LogP contribution in [0.3, 0.4) is 0 Å². The van der Waals surface area contributed by atoms with Crippen molar-refractivity contribution in [1.29, 1.82) is 0 Å². The molecule has 1 aliphatic rings. The van der Waals surface area contributed by atoms with Crippen LogP contribution in [-0.2, 0) is 0 Å². The average Bonchev–Trinajstić information content (AvgIpc) is 2.30. The van der Waals surface area contributed by atoms with E-state index in [2.05, 4.69) is 37.9 Å². The number of nitrogens with one attached hydrogen (secondary N) is 1. The highest BCUT2D eigenvalue weighted by Gasteiger charge is 2.31. The summed E-state index contributed by atoms with van der Waals surface area (Å²) in [4.78, 5) is 2.50. The van der Waals surface area contributed by atoms with Gasteiger partial charge >= 0.3 is 0 Å². The van der Waals surface area contributed by atoms with Crippen molar-refractivity contribution in [2.24, 2.45) is 11.8 Å². The molecule has 3 heteroatoms. The Morgan fingerprint density at radius 1 is 1.26 bits per heavy atom. The molecular weight excluding hydrogens is 236 g/mol. The largest absolute Gasteiger partial charge is 0.389 e. The van der Waals surface area contributed by atoms with E-state index in [9.17, 15) is 5.11 Å². The topological polar surface area (TPSA) is 35.5 Å². The number of nitrogens with zero attached hydrogens (tertiary/aromatic N) is 1. The van der Waals surface area contributed by atoms with Crippen molar-refractivity contribution in [2.75, 3.05) is 26.2 Å². The van der Waals surface area contributed by atoms with E-state index >= 15 is 0 Å². The number of aliphatic hydroxyl groups is 1. The molecule has 0 saturated carbocycles. The van der Waals surface area contributed by atoms with Crippen molar-refractivity contribution < 1.29 is 5.11 Å². The summed E-state index contributed by atoms with van der Waals surface area (Å²) >= 11 is 0. The van der Waals surface area contributed by atoms with Crippen molar-refractivity contribution in [3.05, 3.63) is 0 Å². The molecule has 2 N–H and O–H groups in total. The van der Waals surface area contributed by atoms with Gasteiger partial charge in [0.2, 0.25) is 0 Å². The van der Waals surface area contributed by atoms with E-state index < -0.39 is 5.60 Å². The van der Waals surface area contributed by atoms with Gasteiger partial charge < -0.3 is 10.4 Å². The lowest BCUT2D eigenvalue weighted by Gasteiger charge is -2.41. The smallest absolute Gasteiger partial charge is 0.0768 e. The highest BCUT2D eigenvalue weighted by Crippen LogP contribution is 2.23. The molecule has 0 aromatic rings. The van der Waals surface area contributed by atoms with Gasteiger partial charge in [-0.3, -0.25) is 4.90 Å². The molecule has 19 heavy (non-hydrogen) atoms. The minimum atomic E-state index is -0.576. The summed E-state index contributed by atoms with van der Waals surface area (Å²) in [7, 11) is 0. The second kappa shape index (κ2) is 7.61. The van der Waals surface area contributed by atoms with Crippen LogP contribution in [0.5, 0.6) is 0 Å². The van der Waals surface area contributed by atoms with Crippen LogP contribution < -0.4 is 5.32 Å². The SMILES string of the molecule is CC(C)CNCC1CCCCN1CC(C)(O)C(C)C. The zero-order valence-electron chi connectivity index (χ0n) is 13.6. The van der Waals surface area contributed by atoms with Gasteiger partial charge in [-0.2, -0.15) is 0 Å². The first-order valence-electron chi connectivity index (χ1n) is 8.00. The molecule has 0 bridgehead atoms. The number of hydrogen-bond acceptors (Lipinski definition) is 3. The minimum absolute atomic E-state index is 0.304. The van der Waals surface area contributed by atoms with Gasteiger partial charge in [0.05, 0.1) is 5.60 Å². The zero-order chi connectivity index (χ0) is 14.5. The molecule has 0 radical (unpaired) electrons. The molecule has 1 aliphatic heterocycles. The van der Waals surface area contributed by atoms with Crippen LogP contribution in [0, 0.1) is 11.8 Å². The Morgan fingerprint density at radius 2 is 1.95 bits per heavy atom. The lowest BCUT2D eigenvalue weighted by molar-refractivity contribution is -0.0356. The highest BCUT2D eigenvalue weighted by molar-refractivity contribution is 4.87. The molecule has 114 valence electrons. The summed E-state index contributed by atoms with van der Waals surface area (Å²) in [6.07, 6.45) is 3.86. The molecule has 1 saturated heterocycles. The molecule has 0 aromatic heterocycles. The van der Waals surface area contributed by atoms with E-state index in [1.54, 1.807) is 0 Å². The van der Waals surface area contributed by atoms with Gasteiger partial charge in [-0.1, -0.05) is 34.1 Å². The summed E-state index contributed by atoms with van der Waals surface area (Å²) in [6.45, 7) is 14.8. The van der Waals surface area contributed by atoms with E-state index in [1.165, 1.54) is 19.3 Å². The van der Waals surface area contributed by atoms with Gasteiger partial charge in [-0.15, -0.1) is 0 Å². The third-order valence-electron chi connectivity index (χ3n) is 4.45. The Kier molecular flexibility index (Phi) is 6.78. The molecule has 1 rings (SSSR count). The zero-order valence-corrected chi connectivity index (χ0v) is 13.6. The van der Waals surface area contributed by atoms with Crippen molar-refractivity contribution in [1.82, 2.24) is 10.2 Å². The summed E-state index contributed by atoms with van der Waals surface area (Å²) < 4.78 is 0. The molecule has 0 spiro atoms. The maximum atomic E-state index is 10.5. The maximum Gasteiger partial charge on any atom is 0.0768 e. The monoisotopic (exact) mass is 270 g/mol. The minimum Gasteiger partial charge on any atom is -0.389 e. The second-order valence-corrected chi connectivity index (χ2v) is 7.18. The average molecular weight is 270 g/mol. The van der Waals surface area contributed by atoms with Crippen LogP contribution in [0.1, 0.15) is 53.9 Å². The number of hydrogen-bond donors (Lipinski definition) is 2. The van der Waals surface area contributed by atoms with Crippen molar-refractivity contribution in [3.8, 4) is 0 Å². The Morgan fingerprint density at radius 3 is 2.53 bits per heavy atom. The third-order valence-corrected chi connectivity index (χ3v) is 4.45. The summed E-state index contributed by atoms with van der Waals surface area (Å²) in [6, 6.07) is 0.595. The van der Waals surface area contributed by atoms with Crippen LogP contribution >= 0.6 is 0 Å². The molecule has 0 amide bonds. The number of likely N-dealkylation sites (tertiary alicyclic amines) is 1. The molecule has 1 heterocycles. The van der Waals surface area contributed by atoms with Crippen LogP contribution in [0.4, 0.5) is 0 Å². The summed E-state index contributed by atoms with van der Waals surface area (Å²) in [5.74, 6) is 1.01. The quantitative estimate of drug-likeness (QED) is 0.746. The van der Waals surface area contributed by atoms with Gasteiger partial charge in [0.25, 0.3) is 0 Å². The molecule has 2 unspecified atom stereocenters. The first-order valence-corrected chi connectivity index (χ1v) is 8.00. The van der Waals surface area contributed by atoms with E-state index in [0.29, 0.717) is 17.9 Å². The van der Waals surface area contributed by atoms with Gasteiger partial charge in [0.1, 0.15) is 0 Å². The standard InChI is InChI=1S/C16H34N2O/c1-13(2)10-17-11-15-8-6-7-9-18(15)12-16(5,19)14(3)4/h13-15,17,19H,6-12H2,1-5H3. The number of rotatable bonds is 7.